The van der Waals surface area contributed by atoms with Crippen LogP contribution in [0.25, 0.3) is 0 Å². The molecular formula is C24H24. The Labute approximate surface area is 146 Å². The summed E-state index contributed by atoms with van der Waals surface area (Å²) in [6.07, 6.45) is 4.13. The first kappa shape index (κ1) is 17.7. The topological polar surface area (TPSA) is 0 Å². The summed E-state index contributed by atoms with van der Waals surface area (Å²) in [6.45, 7) is 4.39. The minimum atomic E-state index is 0.985. The van der Waals surface area contributed by atoms with Gasteiger partial charge in [0, 0.05) is 22.3 Å². The molecule has 2 aromatic carbocycles. The van der Waals surface area contributed by atoms with Gasteiger partial charge in [0.1, 0.15) is 0 Å². The SMILES string of the molecule is CCC/C(C#Cc1ccccc1)=C(\C#Cc1ccccc1)CCC. The van der Waals surface area contributed by atoms with E-state index in [9.17, 15) is 0 Å². The van der Waals surface area contributed by atoms with Crippen LogP contribution in [-0.4, -0.2) is 0 Å². The molecule has 120 valence electrons. The predicted octanol–water partition coefficient (Wildman–Crippen LogP) is 5.99. The van der Waals surface area contributed by atoms with Crippen molar-refractivity contribution in [1.82, 2.24) is 0 Å². The summed E-state index contributed by atoms with van der Waals surface area (Å²) in [7, 11) is 0. The quantitative estimate of drug-likeness (QED) is 0.609. The lowest BCUT2D eigenvalue weighted by Crippen LogP contribution is -1.90. The number of hydrogen-bond acceptors (Lipinski definition) is 0. The molecule has 0 spiro atoms. The van der Waals surface area contributed by atoms with Crippen molar-refractivity contribution in [1.29, 1.82) is 0 Å². The molecule has 0 bridgehead atoms. The van der Waals surface area contributed by atoms with Gasteiger partial charge >= 0.3 is 0 Å². The molecule has 0 aliphatic rings. The molecule has 2 aromatic rings. The Kier molecular flexibility index (Phi) is 7.46. The summed E-state index contributed by atoms with van der Waals surface area (Å²) >= 11 is 0. The zero-order chi connectivity index (χ0) is 17.0. The van der Waals surface area contributed by atoms with Crippen molar-refractivity contribution in [3.8, 4) is 23.7 Å². The average Bonchev–Trinajstić information content (AvgIpc) is 2.64. The van der Waals surface area contributed by atoms with E-state index in [4.69, 9.17) is 0 Å². The van der Waals surface area contributed by atoms with E-state index in [1.54, 1.807) is 0 Å². The van der Waals surface area contributed by atoms with Crippen LogP contribution in [0.15, 0.2) is 71.8 Å². The lowest BCUT2D eigenvalue weighted by atomic mass is 9.99. The molecule has 0 saturated carbocycles. The Morgan fingerprint density at radius 1 is 0.625 bits per heavy atom. The highest BCUT2D eigenvalue weighted by molar-refractivity contribution is 5.49. The Bertz CT molecular complexity index is 702. The number of hydrogen-bond donors (Lipinski definition) is 0. The molecule has 0 fully saturated rings. The van der Waals surface area contributed by atoms with Crippen LogP contribution in [0.4, 0.5) is 0 Å². The molecule has 0 aliphatic carbocycles. The van der Waals surface area contributed by atoms with Gasteiger partial charge < -0.3 is 0 Å². The Hall–Kier alpha value is -2.70. The van der Waals surface area contributed by atoms with Crippen LogP contribution in [0.1, 0.15) is 50.7 Å². The van der Waals surface area contributed by atoms with Gasteiger partial charge in [-0.15, -0.1) is 0 Å². The number of allylic oxidation sites excluding steroid dienone is 2. The summed E-state index contributed by atoms with van der Waals surface area (Å²) in [6, 6.07) is 20.3. The molecule has 0 aromatic heterocycles. The third kappa shape index (κ3) is 5.83. The van der Waals surface area contributed by atoms with Crippen molar-refractivity contribution in [2.45, 2.75) is 39.5 Å². The fourth-order valence-electron chi connectivity index (χ4n) is 2.42. The maximum atomic E-state index is 3.39. The van der Waals surface area contributed by atoms with E-state index in [1.165, 1.54) is 11.1 Å². The normalized spacial score (nSPS) is 10.8. The second-order valence-corrected chi connectivity index (χ2v) is 5.69. The molecule has 0 atom stereocenters. The second-order valence-electron chi connectivity index (χ2n) is 5.69. The van der Waals surface area contributed by atoms with Crippen LogP contribution < -0.4 is 0 Å². The van der Waals surface area contributed by atoms with Crippen molar-refractivity contribution in [2.24, 2.45) is 0 Å². The van der Waals surface area contributed by atoms with E-state index in [2.05, 4.69) is 37.5 Å². The van der Waals surface area contributed by atoms with Gasteiger partial charge in [0.25, 0.3) is 0 Å². The Morgan fingerprint density at radius 3 is 1.33 bits per heavy atom. The maximum Gasteiger partial charge on any atom is 0.0248 e. The molecule has 24 heavy (non-hydrogen) atoms. The van der Waals surface area contributed by atoms with Gasteiger partial charge in [-0.05, 0) is 37.1 Å². The fraction of sp³-hybridized carbons (Fsp3) is 0.250. The smallest absolute Gasteiger partial charge is 0.0248 e. The van der Waals surface area contributed by atoms with Crippen molar-refractivity contribution < 1.29 is 0 Å². The number of benzene rings is 2. The summed E-state index contributed by atoms with van der Waals surface area (Å²) in [5.74, 6) is 13.4. The molecule has 0 heterocycles. The fourth-order valence-corrected chi connectivity index (χ4v) is 2.42. The van der Waals surface area contributed by atoms with Crippen LogP contribution in [-0.2, 0) is 0 Å². The molecule has 0 nitrogen and oxygen atoms in total. The average molecular weight is 312 g/mol. The molecule has 0 aliphatic heterocycles. The third-order valence-electron chi connectivity index (χ3n) is 3.63. The maximum absolute atomic E-state index is 3.39. The molecular weight excluding hydrogens is 288 g/mol. The monoisotopic (exact) mass is 312 g/mol. The van der Waals surface area contributed by atoms with Crippen LogP contribution in [0.3, 0.4) is 0 Å². The molecule has 0 radical (unpaired) electrons. The van der Waals surface area contributed by atoms with Gasteiger partial charge in [-0.1, -0.05) is 86.8 Å². The molecule has 2 rings (SSSR count). The van der Waals surface area contributed by atoms with Crippen molar-refractivity contribution in [3.63, 3.8) is 0 Å². The Morgan fingerprint density at radius 2 is 1.00 bits per heavy atom. The van der Waals surface area contributed by atoms with Gasteiger partial charge in [-0.2, -0.15) is 0 Å². The third-order valence-corrected chi connectivity index (χ3v) is 3.63. The zero-order valence-electron chi connectivity index (χ0n) is 14.6. The lowest BCUT2D eigenvalue weighted by Gasteiger charge is -2.04. The van der Waals surface area contributed by atoms with Gasteiger partial charge in [0.2, 0.25) is 0 Å². The minimum absolute atomic E-state index is 0.985. The molecule has 0 N–H and O–H groups in total. The minimum Gasteiger partial charge on any atom is -0.0651 e. The summed E-state index contributed by atoms with van der Waals surface area (Å²) in [4.78, 5) is 0. The second kappa shape index (κ2) is 10.1. The van der Waals surface area contributed by atoms with E-state index < -0.39 is 0 Å². The number of rotatable bonds is 4. The van der Waals surface area contributed by atoms with E-state index in [1.807, 2.05) is 60.7 Å². The highest BCUT2D eigenvalue weighted by Gasteiger charge is 2.01. The first-order chi connectivity index (χ1) is 11.8. The Balaban J connectivity index is 2.36. The summed E-state index contributed by atoms with van der Waals surface area (Å²) < 4.78 is 0. The highest BCUT2D eigenvalue weighted by atomic mass is 14.0. The van der Waals surface area contributed by atoms with Crippen molar-refractivity contribution >= 4 is 0 Å². The van der Waals surface area contributed by atoms with E-state index >= 15 is 0 Å². The van der Waals surface area contributed by atoms with Crippen molar-refractivity contribution in [2.75, 3.05) is 0 Å². The van der Waals surface area contributed by atoms with Gasteiger partial charge in [0.15, 0.2) is 0 Å². The first-order valence-corrected chi connectivity index (χ1v) is 8.69. The molecule has 0 saturated heterocycles. The standard InChI is InChI=1S/C24H24/c1-3-11-23(19-17-21-13-7-5-8-14-21)24(12-4-2)20-18-22-15-9-6-10-16-22/h5-10,13-16H,3-4,11-12H2,1-2H3/b24-23+. The predicted molar refractivity (Wildman–Crippen MR) is 103 cm³/mol. The van der Waals surface area contributed by atoms with Crippen LogP contribution in [0.5, 0.6) is 0 Å². The van der Waals surface area contributed by atoms with Crippen LogP contribution >= 0.6 is 0 Å². The van der Waals surface area contributed by atoms with E-state index in [0.29, 0.717) is 0 Å². The van der Waals surface area contributed by atoms with E-state index in [-0.39, 0.29) is 0 Å². The van der Waals surface area contributed by atoms with Crippen LogP contribution in [0.2, 0.25) is 0 Å². The molecule has 0 unspecified atom stereocenters. The summed E-state index contributed by atoms with van der Waals surface area (Å²) in [5.41, 5.74) is 4.48. The van der Waals surface area contributed by atoms with Crippen molar-refractivity contribution in [3.05, 3.63) is 82.9 Å². The van der Waals surface area contributed by atoms with Gasteiger partial charge in [-0.3, -0.25) is 0 Å². The zero-order valence-corrected chi connectivity index (χ0v) is 14.6. The highest BCUT2D eigenvalue weighted by Crippen LogP contribution is 2.16. The first-order valence-electron chi connectivity index (χ1n) is 8.69. The van der Waals surface area contributed by atoms with Gasteiger partial charge in [0.05, 0.1) is 0 Å². The van der Waals surface area contributed by atoms with E-state index in [0.717, 1.165) is 36.8 Å². The van der Waals surface area contributed by atoms with Gasteiger partial charge in [-0.25, -0.2) is 0 Å². The molecule has 0 amide bonds. The van der Waals surface area contributed by atoms with Crippen LogP contribution in [0, 0.1) is 23.7 Å². The molecule has 0 heteroatoms. The lowest BCUT2D eigenvalue weighted by molar-refractivity contribution is 0.879. The largest absolute Gasteiger partial charge is 0.0651 e. The summed E-state index contributed by atoms with van der Waals surface area (Å²) in [5, 5.41) is 0.